The summed E-state index contributed by atoms with van der Waals surface area (Å²) in [7, 11) is 5.55. The number of likely N-dealkylation sites (N-methyl/N-ethyl adjacent to an activating group) is 1. The van der Waals surface area contributed by atoms with E-state index in [0.29, 0.717) is 23.1 Å². The average molecular weight is 390 g/mol. The number of hydrogen-bond donors (Lipinski definition) is 0. The second-order valence-electron chi connectivity index (χ2n) is 5.43. The molecule has 5 nitrogen and oxygen atoms in total. The van der Waals surface area contributed by atoms with Crippen LogP contribution in [-0.4, -0.2) is 55.2 Å². The molecule has 22 heavy (non-hydrogen) atoms. The zero-order chi connectivity index (χ0) is 16.0. The number of hydrogen-bond acceptors (Lipinski definition) is 5. The van der Waals surface area contributed by atoms with Gasteiger partial charge in [-0.05, 0) is 30.0 Å². The van der Waals surface area contributed by atoms with Crippen LogP contribution < -0.4 is 9.64 Å². The number of ether oxygens (including phenoxy) is 1. The SMILES string of the molecule is COc1c(Cl)c(Br)c(F)c2nc(N3CC(N(C)C)C3)ncc12. The summed E-state index contributed by atoms with van der Waals surface area (Å²) in [6.07, 6.45) is 1.56. The summed E-state index contributed by atoms with van der Waals surface area (Å²) in [5.41, 5.74) is 0.200. The fourth-order valence-electron chi connectivity index (χ4n) is 2.42. The molecule has 0 saturated carbocycles. The maximum Gasteiger partial charge on any atom is 0.226 e. The van der Waals surface area contributed by atoms with Crippen molar-refractivity contribution in [1.82, 2.24) is 14.9 Å². The Kier molecular flexibility index (Phi) is 4.13. The van der Waals surface area contributed by atoms with E-state index >= 15 is 0 Å². The van der Waals surface area contributed by atoms with Crippen molar-refractivity contribution >= 4 is 44.4 Å². The molecule has 1 aromatic carbocycles. The van der Waals surface area contributed by atoms with Gasteiger partial charge >= 0.3 is 0 Å². The van der Waals surface area contributed by atoms with Crippen LogP contribution in [0.4, 0.5) is 10.3 Å². The molecule has 0 amide bonds. The van der Waals surface area contributed by atoms with Gasteiger partial charge in [0.25, 0.3) is 0 Å². The molecule has 2 heterocycles. The van der Waals surface area contributed by atoms with Crippen molar-refractivity contribution in [2.24, 2.45) is 0 Å². The molecule has 1 saturated heterocycles. The van der Waals surface area contributed by atoms with Gasteiger partial charge in [0.15, 0.2) is 5.82 Å². The van der Waals surface area contributed by atoms with Crippen LogP contribution in [0.15, 0.2) is 10.7 Å². The number of halogens is 3. The Bertz CT molecular complexity index is 737. The highest BCUT2D eigenvalue weighted by Gasteiger charge is 2.31. The zero-order valence-corrected chi connectivity index (χ0v) is 14.7. The van der Waals surface area contributed by atoms with Crippen LogP contribution in [0.25, 0.3) is 10.9 Å². The standard InChI is InChI=1S/C14H15BrClFN4O/c1-20(2)7-5-21(6-7)14-18-4-8-12(19-14)11(17)9(15)10(16)13(8)22-3/h4,7H,5-6H2,1-3H3. The summed E-state index contributed by atoms with van der Waals surface area (Å²) in [6.45, 7) is 1.65. The zero-order valence-electron chi connectivity index (χ0n) is 12.4. The number of nitrogens with zero attached hydrogens (tertiary/aromatic N) is 4. The van der Waals surface area contributed by atoms with Crippen LogP contribution in [0.2, 0.25) is 5.02 Å². The third-order valence-electron chi connectivity index (χ3n) is 3.89. The molecule has 0 unspecified atom stereocenters. The summed E-state index contributed by atoms with van der Waals surface area (Å²) in [6, 6.07) is 0.468. The van der Waals surface area contributed by atoms with Gasteiger partial charge in [-0.3, -0.25) is 0 Å². The number of anilines is 1. The molecule has 1 fully saturated rings. The van der Waals surface area contributed by atoms with Crippen LogP contribution >= 0.6 is 27.5 Å². The van der Waals surface area contributed by atoms with Gasteiger partial charge in [-0.25, -0.2) is 14.4 Å². The van der Waals surface area contributed by atoms with E-state index in [1.54, 1.807) is 6.20 Å². The summed E-state index contributed by atoms with van der Waals surface area (Å²) >= 11 is 9.23. The molecule has 0 bridgehead atoms. The lowest BCUT2D eigenvalue weighted by atomic mass is 10.1. The van der Waals surface area contributed by atoms with Gasteiger partial charge in [-0.15, -0.1) is 0 Å². The summed E-state index contributed by atoms with van der Waals surface area (Å²) in [5.74, 6) is 0.376. The maximum absolute atomic E-state index is 14.4. The quantitative estimate of drug-likeness (QED) is 0.755. The highest BCUT2D eigenvalue weighted by atomic mass is 79.9. The van der Waals surface area contributed by atoms with Crippen molar-refractivity contribution in [2.45, 2.75) is 6.04 Å². The topological polar surface area (TPSA) is 41.5 Å². The number of rotatable bonds is 3. The van der Waals surface area contributed by atoms with E-state index < -0.39 is 5.82 Å². The van der Waals surface area contributed by atoms with Gasteiger partial charge < -0.3 is 14.5 Å². The molecule has 0 radical (unpaired) electrons. The molecule has 8 heteroatoms. The van der Waals surface area contributed by atoms with Gasteiger partial charge in [0.2, 0.25) is 5.95 Å². The Morgan fingerprint density at radius 2 is 2.14 bits per heavy atom. The first-order valence-corrected chi connectivity index (χ1v) is 7.89. The van der Waals surface area contributed by atoms with Gasteiger partial charge in [0.1, 0.15) is 16.3 Å². The second-order valence-corrected chi connectivity index (χ2v) is 6.60. The number of fused-ring (bicyclic) bond motifs is 1. The van der Waals surface area contributed by atoms with Crippen molar-refractivity contribution in [3.05, 3.63) is 21.5 Å². The van der Waals surface area contributed by atoms with Crippen LogP contribution in [-0.2, 0) is 0 Å². The molecule has 0 N–H and O–H groups in total. The first kappa shape index (κ1) is 15.7. The Labute approximate surface area is 141 Å². The van der Waals surface area contributed by atoms with Crippen LogP contribution in [0.3, 0.4) is 0 Å². The van der Waals surface area contributed by atoms with E-state index in [2.05, 4.69) is 30.8 Å². The van der Waals surface area contributed by atoms with Gasteiger partial charge in [0.05, 0.1) is 17.0 Å². The smallest absolute Gasteiger partial charge is 0.226 e. The van der Waals surface area contributed by atoms with E-state index in [-0.39, 0.29) is 15.0 Å². The number of benzene rings is 1. The maximum atomic E-state index is 14.4. The van der Waals surface area contributed by atoms with E-state index in [1.165, 1.54) is 7.11 Å². The first-order chi connectivity index (χ1) is 10.4. The van der Waals surface area contributed by atoms with Gasteiger partial charge in [-0.2, -0.15) is 0 Å². The van der Waals surface area contributed by atoms with Crippen molar-refractivity contribution in [3.63, 3.8) is 0 Å². The summed E-state index contributed by atoms with van der Waals surface area (Å²) < 4.78 is 19.8. The molecule has 118 valence electrons. The van der Waals surface area contributed by atoms with Crippen LogP contribution in [0, 0.1) is 5.82 Å². The molecule has 0 aliphatic carbocycles. The summed E-state index contributed by atoms with van der Waals surface area (Å²) in [5, 5.41) is 0.641. The Hall–Kier alpha value is -1.18. The third-order valence-corrected chi connectivity index (χ3v) is 5.23. The monoisotopic (exact) mass is 388 g/mol. The molecule has 0 spiro atoms. The lowest BCUT2D eigenvalue weighted by Crippen LogP contribution is -2.58. The first-order valence-electron chi connectivity index (χ1n) is 6.72. The predicted molar refractivity (Wildman–Crippen MR) is 88.4 cm³/mol. The molecular weight excluding hydrogens is 375 g/mol. The fourth-order valence-corrected chi connectivity index (χ4v) is 3.05. The molecule has 1 aliphatic heterocycles. The van der Waals surface area contributed by atoms with E-state index in [1.807, 2.05) is 19.0 Å². The number of methoxy groups -OCH3 is 1. The number of aromatic nitrogens is 2. The molecule has 3 rings (SSSR count). The Morgan fingerprint density at radius 3 is 2.73 bits per heavy atom. The van der Waals surface area contributed by atoms with E-state index in [9.17, 15) is 4.39 Å². The van der Waals surface area contributed by atoms with Crippen molar-refractivity contribution in [2.75, 3.05) is 39.2 Å². The molecule has 0 atom stereocenters. The molecule has 1 aromatic heterocycles. The largest absolute Gasteiger partial charge is 0.494 e. The van der Waals surface area contributed by atoms with Crippen LogP contribution in [0.5, 0.6) is 5.75 Å². The van der Waals surface area contributed by atoms with Gasteiger partial charge in [0, 0.05) is 25.3 Å². The predicted octanol–water partition coefficient (Wildman–Crippen LogP) is 2.94. The van der Waals surface area contributed by atoms with Crippen molar-refractivity contribution < 1.29 is 9.13 Å². The minimum Gasteiger partial charge on any atom is -0.494 e. The molecule has 1 aliphatic rings. The average Bonchev–Trinajstić information content (AvgIpc) is 2.44. The van der Waals surface area contributed by atoms with Crippen LogP contribution in [0.1, 0.15) is 0 Å². The minimum atomic E-state index is -0.505. The lowest BCUT2D eigenvalue weighted by Gasteiger charge is -2.42. The normalized spacial score (nSPS) is 15.5. The van der Waals surface area contributed by atoms with Gasteiger partial charge in [-0.1, -0.05) is 11.6 Å². The Balaban J connectivity index is 2.04. The van der Waals surface area contributed by atoms with Crippen molar-refractivity contribution in [1.29, 1.82) is 0 Å². The van der Waals surface area contributed by atoms with Crippen molar-refractivity contribution in [3.8, 4) is 5.75 Å². The molecular formula is C14H15BrClFN4O. The molecule has 2 aromatic rings. The van der Waals surface area contributed by atoms with E-state index in [4.69, 9.17) is 16.3 Å². The lowest BCUT2D eigenvalue weighted by molar-refractivity contribution is 0.245. The highest BCUT2D eigenvalue weighted by molar-refractivity contribution is 9.10. The summed E-state index contributed by atoms with van der Waals surface area (Å²) in [4.78, 5) is 12.8. The minimum absolute atomic E-state index is 0.151. The Morgan fingerprint density at radius 1 is 1.45 bits per heavy atom. The second kappa shape index (κ2) is 5.79. The van der Waals surface area contributed by atoms with E-state index in [0.717, 1.165) is 13.1 Å². The fraction of sp³-hybridized carbons (Fsp3) is 0.429. The highest BCUT2D eigenvalue weighted by Crippen LogP contribution is 2.41. The third kappa shape index (κ3) is 2.41.